The zero-order valence-corrected chi connectivity index (χ0v) is 20.2. The number of aryl methyl sites for hydroxylation is 1. The van der Waals surface area contributed by atoms with Crippen LogP contribution in [0, 0.1) is 6.92 Å². The van der Waals surface area contributed by atoms with Crippen molar-refractivity contribution in [1.82, 2.24) is 9.55 Å². The molecule has 0 radical (unpaired) electrons. The number of H-pyrrole nitrogens is 1. The highest BCUT2D eigenvalue weighted by Gasteiger charge is 2.54. The Kier molecular flexibility index (Phi) is 6.97. The maximum Gasteiger partial charge on any atom is 0.329 e. The highest BCUT2D eigenvalue weighted by Crippen LogP contribution is 2.53. The largest absolute Gasteiger partial charge is 0.464 e. The van der Waals surface area contributed by atoms with E-state index in [1.54, 1.807) is 6.92 Å². The Morgan fingerprint density at radius 1 is 1.47 bits per heavy atom. The summed E-state index contributed by atoms with van der Waals surface area (Å²) in [6.45, 7) is 13.1. The van der Waals surface area contributed by atoms with Gasteiger partial charge in [-0.1, -0.05) is 25.9 Å². The number of ether oxygens (including phenoxy) is 1. The number of aromatic amines is 1. The summed E-state index contributed by atoms with van der Waals surface area (Å²) in [5.74, 6) is -0.505. The van der Waals surface area contributed by atoms with Crippen molar-refractivity contribution >= 4 is 26.0 Å². The molecule has 1 N–H and O–H groups in total. The number of thioether (sulfide) groups is 1. The minimum atomic E-state index is -2.29. The van der Waals surface area contributed by atoms with Crippen LogP contribution in [-0.2, 0) is 14.0 Å². The Morgan fingerprint density at radius 2 is 2.10 bits per heavy atom. The molecule has 12 heteroatoms. The lowest BCUT2D eigenvalue weighted by atomic mass is 10.1. The standard InChI is InChI=1S/C18H29N5O5SSi/c1-11-9-23(16(26)20-15(11)25)14-8-13(28-30(6,7)17(3,4)5)18(29-14,21-22-19)10-27-12(2)24/h9,13-14H,8,10H2,1-7H3,(H,20,25,26)/t13-,14+,18+/m0/s1. The van der Waals surface area contributed by atoms with Gasteiger partial charge >= 0.3 is 11.7 Å². The molecule has 0 unspecified atom stereocenters. The lowest BCUT2D eigenvalue weighted by Gasteiger charge is -2.41. The van der Waals surface area contributed by atoms with Gasteiger partial charge in [0.25, 0.3) is 5.56 Å². The molecule has 0 amide bonds. The first-order valence-corrected chi connectivity index (χ1v) is 13.4. The minimum absolute atomic E-state index is 0.106. The topological polar surface area (TPSA) is 139 Å². The minimum Gasteiger partial charge on any atom is -0.464 e. The van der Waals surface area contributed by atoms with Crippen LogP contribution < -0.4 is 11.2 Å². The molecular formula is C18H29N5O5SSi. The van der Waals surface area contributed by atoms with E-state index < -0.39 is 41.9 Å². The summed E-state index contributed by atoms with van der Waals surface area (Å²) in [4.78, 5) is 39.8. The molecule has 10 nitrogen and oxygen atoms in total. The van der Waals surface area contributed by atoms with E-state index >= 15 is 0 Å². The summed E-state index contributed by atoms with van der Waals surface area (Å²) in [5, 5.41) is 3.42. The van der Waals surface area contributed by atoms with Crippen LogP contribution in [0.25, 0.3) is 10.4 Å². The van der Waals surface area contributed by atoms with Crippen LogP contribution in [0.4, 0.5) is 0 Å². The summed E-state index contributed by atoms with van der Waals surface area (Å²) < 4.78 is 13.2. The van der Waals surface area contributed by atoms with Gasteiger partial charge in [0.1, 0.15) is 6.61 Å². The molecule has 166 valence electrons. The second kappa shape index (κ2) is 8.62. The molecule has 0 aromatic carbocycles. The summed E-state index contributed by atoms with van der Waals surface area (Å²) in [7, 11) is -2.29. The third-order valence-electron chi connectivity index (χ3n) is 5.65. The monoisotopic (exact) mass is 455 g/mol. The number of nitrogens with zero attached hydrogens (tertiary/aromatic N) is 4. The van der Waals surface area contributed by atoms with Gasteiger partial charge in [-0.15, -0.1) is 11.8 Å². The first-order chi connectivity index (χ1) is 13.7. The van der Waals surface area contributed by atoms with Crippen molar-refractivity contribution in [1.29, 1.82) is 0 Å². The van der Waals surface area contributed by atoms with Crippen molar-refractivity contribution < 1.29 is 14.0 Å². The zero-order chi connectivity index (χ0) is 22.9. The average Bonchev–Trinajstić information content (AvgIpc) is 2.93. The van der Waals surface area contributed by atoms with Crippen molar-refractivity contribution in [3.63, 3.8) is 0 Å². The van der Waals surface area contributed by atoms with Gasteiger partial charge in [-0.05, 0) is 30.6 Å². The molecule has 0 bridgehead atoms. The van der Waals surface area contributed by atoms with Crippen molar-refractivity contribution in [3.8, 4) is 0 Å². The maximum atomic E-state index is 12.4. The normalized spacial score (nSPS) is 24.4. The molecule has 1 fully saturated rings. The van der Waals surface area contributed by atoms with Crippen LogP contribution in [0.2, 0.25) is 18.1 Å². The number of hydrogen-bond donors (Lipinski definition) is 1. The van der Waals surface area contributed by atoms with Gasteiger partial charge in [-0.3, -0.25) is 19.1 Å². The summed E-state index contributed by atoms with van der Waals surface area (Å²) >= 11 is 1.21. The van der Waals surface area contributed by atoms with E-state index in [2.05, 4.69) is 48.9 Å². The molecule has 1 aromatic heterocycles. The van der Waals surface area contributed by atoms with E-state index in [4.69, 9.17) is 9.16 Å². The summed E-state index contributed by atoms with van der Waals surface area (Å²) in [6.07, 6.45) is 1.26. The third-order valence-corrected chi connectivity index (χ3v) is 11.7. The number of rotatable bonds is 6. The molecule has 30 heavy (non-hydrogen) atoms. The number of carbonyl (C=O) groups excluding carboxylic acids is 1. The van der Waals surface area contributed by atoms with Gasteiger partial charge in [0.15, 0.2) is 13.2 Å². The molecule has 1 aromatic rings. The van der Waals surface area contributed by atoms with Gasteiger partial charge in [0.05, 0.1) is 11.5 Å². The number of azide groups is 1. The van der Waals surface area contributed by atoms with E-state index in [0.717, 1.165) is 0 Å². The van der Waals surface area contributed by atoms with Crippen LogP contribution in [0.15, 0.2) is 20.9 Å². The number of nitrogens with one attached hydrogen (secondary N) is 1. The second-order valence-corrected chi connectivity index (χ2v) is 15.2. The van der Waals surface area contributed by atoms with E-state index in [-0.39, 0.29) is 11.6 Å². The van der Waals surface area contributed by atoms with Crippen molar-refractivity contribution in [2.45, 2.75) is 75.5 Å². The van der Waals surface area contributed by atoms with Gasteiger partial charge in [0.2, 0.25) is 0 Å². The average molecular weight is 456 g/mol. The van der Waals surface area contributed by atoms with Crippen LogP contribution in [-0.4, -0.2) is 41.4 Å². The van der Waals surface area contributed by atoms with E-state index in [9.17, 15) is 19.9 Å². The van der Waals surface area contributed by atoms with Crippen molar-refractivity contribution in [2.24, 2.45) is 5.11 Å². The van der Waals surface area contributed by atoms with Crippen LogP contribution in [0.3, 0.4) is 0 Å². The lowest BCUT2D eigenvalue weighted by molar-refractivity contribution is -0.142. The third kappa shape index (κ3) is 5.00. The second-order valence-electron chi connectivity index (χ2n) is 8.97. The molecular weight excluding hydrogens is 426 g/mol. The van der Waals surface area contributed by atoms with Crippen LogP contribution in [0.5, 0.6) is 0 Å². The highest BCUT2D eigenvalue weighted by atomic mass is 32.2. The Hall–Kier alpha value is -2.01. The summed E-state index contributed by atoms with van der Waals surface area (Å²) in [5.41, 5.74) is 8.65. The fraction of sp³-hybridized carbons (Fsp3) is 0.722. The number of esters is 1. The fourth-order valence-electron chi connectivity index (χ4n) is 2.89. The molecule has 2 heterocycles. The van der Waals surface area contributed by atoms with E-state index in [1.807, 2.05) is 0 Å². The maximum absolute atomic E-state index is 12.4. The van der Waals surface area contributed by atoms with Crippen molar-refractivity contribution in [2.75, 3.05) is 6.61 Å². The van der Waals surface area contributed by atoms with Crippen LogP contribution in [0.1, 0.15) is 45.1 Å². The molecule has 3 atom stereocenters. The van der Waals surface area contributed by atoms with Crippen LogP contribution >= 0.6 is 11.8 Å². The fourth-order valence-corrected chi connectivity index (χ4v) is 5.85. The molecule has 1 aliphatic rings. The van der Waals surface area contributed by atoms with Gasteiger partial charge < -0.3 is 9.16 Å². The molecule has 1 saturated heterocycles. The smallest absolute Gasteiger partial charge is 0.329 e. The summed E-state index contributed by atoms with van der Waals surface area (Å²) in [6, 6.07) is 0. The molecule has 2 rings (SSSR count). The number of carbonyl (C=O) groups is 1. The first-order valence-electron chi connectivity index (χ1n) is 9.60. The SMILES string of the molecule is CC(=O)OC[C@@]1(N=[N+]=[N-])S[C@@H](n2cc(C)c(=O)[nH]c2=O)C[C@@H]1O[Si](C)(C)C(C)(C)C. The quantitative estimate of drug-likeness (QED) is 0.229. The van der Waals surface area contributed by atoms with Gasteiger partial charge in [-0.2, -0.15) is 0 Å². The number of aromatic nitrogens is 2. The Morgan fingerprint density at radius 3 is 2.63 bits per heavy atom. The van der Waals surface area contributed by atoms with E-state index in [1.165, 1.54) is 29.4 Å². The molecule has 0 spiro atoms. The van der Waals surface area contributed by atoms with E-state index in [0.29, 0.717) is 12.0 Å². The lowest BCUT2D eigenvalue weighted by Crippen LogP contribution is -2.50. The molecule has 0 aliphatic carbocycles. The predicted molar refractivity (Wildman–Crippen MR) is 118 cm³/mol. The zero-order valence-electron chi connectivity index (χ0n) is 18.4. The van der Waals surface area contributed by atoms with Crippen molar-refractivity contribution in [3.05, 3.63) is 43.0 Å². The molecule has 1 aliphatic heterocycles. The van der Waals surface area contributed by atoms with Gasteiger partial charge in [-0.25, -0.2) is 4.79 Å². The molecule has 0 saturated carbocycles. The Balaban J connectivity index is 2.53. The predicted octanol–water partition coefficient (Wildman–Crippen LogP) is 3.44. The Bertz CT molecular complexity index is 978. The van der Waals surface area contributed by atoms with Gasteiger partial charge in [0, 0.05) is 30.0 Å². The number of hydrogen-bond acceptors (Lipinski definition) is 7. The Labute approximate surface area is 180 Å². The first kappa shape index (κ1) is 24.3. The highest BCUT2D eigenvalue weighted by molar-refractivity contribution is 8.01.